The van der Waals surface area contributed by atoms with Gasteiger partial charge in [0.15, 0.2) is 12.1 Å². The van der Waals surface area contributed by atoms with Gasteiger partial charge in [0.1, 0.15) is 17.5 Å². The van der Waals surface area contributed by atoms with E-state index in [4.69, 9.17) is 4.74 Å². The number of aldehydes is 1. The van der Waals surface area contributed by atoms with Crippen molar-refractivity contribution < 1.29 is 9.53 Å². The first-order valence-electron chi connectivity index (χ1n) is 13.3. The number of piperazine rings is 1. The first-order valence-corrected chi connectivity index (χ1v) is 13.3. The highest BCUT2D eigenvalue weighted by molar-refractivity contribution is 5.82. The monoisotopic (exact) mass is 493 g/mol. The van der Waals surface area contributed by atoms with Gasteiger partial charge >= 0.3 is 0 Å². The Bertz CT molecular complexity index is 1060. The second-order valence-electron chi connectivity index (χ2n) is 10.3. The fourth-order valence-electron chi connectivity index (χ4n) is 5.36. The number of carbonyl (C=O) groups excluding carboxylic acids is 1. The van der Waals surface area contributed by atoms with Crippen LogP contribution >= 0.6 is 0 Å². The van der Waals surface area contributed by atoms with Gasteiger partial charge in [-0.3, -0.25) is 9.69 Å². The molecule has 4 heterocycles. The lowest BCUT2D eigenvalue weighted by Gasteiger charge is -2.43. The molecule has 3 aliphatic rings. The summed E-state index contributed by atoms with van der Waals surface area (Å²) in [6.07, 6.45) is 3.94. The SMILES string of the molecule is CCc1nc(C=O)c(Nc2ccc(N3CCC(N4CCN(C)CC4)CC3)c(C)c2)nc1OC1CNC1. The molecule has 36 heavy (non-hydrogen) atoms. The van der Waals surface area contributed by atoms with Crippen LogP contribution < -0.4 is 20.3 Å². The van der Waals surface area contributed by atoms with Gasteiger partial charge in [0.05, 0.1) is 0 Å². The summed E-state index contributed by atoms with van der Waals surface area (Å²) in [5, 5.41) is 6.52. The van der Waals surface area contributed by atoms with Crippen LogP contribution in [0.3, 0.4) is 0 Å². The molecule has 5 rings (SSSR count). The number of ether oxygens (including phenoxy) is 1. The van der Waals surface area contributed by atoms with Crippen molar-refractivity contribution in [3.05, 3.63) is 35.2 Å². The highest BCUT2D eigenvalue weighted by atomic mass is 16.5. The molecule has 0 amide bonds. The Hall–Kier alpha value is -2.75. The Kier molecular flexibility index (Phi) is 7.69. The summed E-state index contributed by atoms with van der Waals surface area (Å²) in [5.74, 6) is 0.943. The molecule has 0 atom stereocenters. The van der Waals surface area contributed by atoms with Gasteiger partial charge in [-0.05, 0) is 57.0 Å². The Morgan fingerprint density at radius 1 is 1.11 bits per heavy atom. The molecule has 1 aromatic heterocycles. The number of likely N-dealkylation sites (N-methyl/N-ethyl adjacent to an activating group) is 1. The molecule has 194 valence electrons. The van der Waals surface area contributed by atoms with E-state index < -0.39 is 0 Å². The zero-order chi connectivity index (χ0) is 25.1. The lowest BCUT2D eigenvalue weighted by atomic mass is 10.0. The summed E-state index contributed by atoms with van der Waals surface area (Å²) in [6.45, 7) is 12.7. The number of carbonyl (C=O) groups is 1. The van der Waals surface area contributed by atoms with E-state index in [0.29, 0.717) is 35.5 Å². The molecule has 0 aliphatic carbocycles. The van der Waals surface area contributed by atoms with Crippen molar-refractivity contribution in [2.45, 2.75) is 45.3 Å². The van der Waals surface area contributed by atoms with E-state index in [1.165, 1.54) is 50.3 Å². The molecule has 9 nitrogen and oxygen atoms in total. The smallest absolute Gasteiger partial charge is 0.238 e. The van der Waals surface area contributed by atoms with Gasteiger partial charge in [-0.1, -0.05) is 6.92 Å². The number of benzene rings is 1. The molecule has 2 aromatic rings. The first-order chi connectivity index (χ1) is 17.5. The topological polar surface area (TPSA) is 85.9 Å². The van der Waals surface area contributed by atoms with Crippen molar-refractivity contribution in [3.8, 4) is 5.88 Å². The van der Waals surface area contributed by atoms with Gasteiger partial charge in [-0.15, -0.1) is 0 Å². The van der Waals surface area contributed by atoms with Crippen molar-refractivity contribution in [2.24, 2.45) is 0 Å². The van der Waals surface area contributed by atoms with Gasteiger partial charge in [0.2, 0.25) is 5.88 Å². The largest absolute Gasteiger partial charge is 0.470 e. The molecule has 0 saturated carbocycles. The van der Waals surface area contributed by atoms with Crippen molar-refractivity contribution in [1.29, 1.82) is 0 Å². The van der Waals surface area contributed by atoms with Crippen LogP contribution in [-0.4, -0.2) is 97.6 Å². The summed E-state index contributed by atoms with van der Waals surface area (Å²) in [6, 6.07) is 7.08. The Balaban J connectivity index is 1.25. The number of aryl methyl sites for hydroxylation is 2. The quantitative estimate of drug-likeness (QED) is 0.539. The number of hydrogen-bond donors (Lipinski definition) is 2. The molecular formula is C27H39N7O2. The highest BCUT2D eigenvalue weighted by Gasteiger charge is 2.27. The fourth-order valence-corrected chi connectivity index (χ4v) is 5.36. The molecule has 1 aromatic carbocycles. The van der Waals surface area contributed by atoms with E-state index >= 15 is 0 Å². The van der Waals surface area contributed by atoms with E-state index in [-0.39, 0.29) is 6.10 Å². The summed E-state index contributed by atoms with van der Waals surface area (Å²) in [7, 11) is 2.22. The fraction of sp³-hybridized carbons (Fsp3) is 0.593. The van der Waals surface area contributed by atoms with Gasteiger partial charge < -0.3 is 25.2 Å². The van der Waals surface area contributed by atoms with Crippen LogP contribution in [0.4, 0.5) is 17.2 Å². The van der Waals surface area contributed by atoms with E-state index in [2.05, 4.69) is 67.5 Å². The molecule has 0 radical (unpaired) electrons. The highest BCUT2D eigenvalue weighted by Crippen LogP contribution is 2.30. The maximum atomic E-state index is 11.8. The number of hydrogen-bond acceptors (Lipinski definition) is 9. The standard InChI is InChI=1S/C27H39N7O2/c1-4-23-27(36-22-16-28-17-22)31-26(24(18-35)30-23)29-20-5-6-25(19(2)15-20)34-9-7-21(8-10-34)33-13-11-32(3)12-14-33/h5-6,15,18,21-22,28H,4,7-14,16-17H2,1-3H3,(H,29,31). The number of rotatable bonds is 8. The van der Waals surface area contributed by atoms with Gasteiger partial charge in [-0.2, -0.15) is 4.98 Å². The van der Waals surface area contributed by atoms with Crippen LogP contribution in [0.5, 0.6) is 5.88 Å². The molecular weight excluding hydrogens is 454 g/mol. The minimum atomic E-state index is 0.0986. The van der Waals surface area contributed by atoms with E-state index in [1.54, 1.807) is 0 Å². The second kappa shape index (κ2) is 11.1. The lowest BCUT2D eigenvalue weighted by molar-refractivity contribution is 0.0982. The summed E-state index contributed by atoms with van der Waals surface area (Å²) in [4.78, 5) is 28.6. The normalized spacial score (nSPS) is 20.2. The van der Waals surface area contributed by atoms with Crippen LogP contribution in [0, 0.1) is 6.92 Å². The zero-order valence-electron chi connectivity index (χ0n) is 21.8. The van der Waals surface area contributed by atoms with Crippen LogP contribution in [-0.2, 0) is 6.42 Å². The van der Waals surface area contributed by atoms with Gasteiger partial charge in [0.25, 0.3) is 0 Å². The van der Waals surface area contributed by atoms with Crippen LogP contribution in [0.15, 0.2) is 18.2 Å². The van der Waals surface area contributed by atoms with Crippen molar-refractivity contribution in [1.82, 2.24) is 25.1 Å². The number of anilines is 3. The predicted octanol–water partition coefficient (Wildman–Crippen LogP) is 2.47. The lowest BCUT2D eigenvalue weighted by Crippen LogP contribution is -2.52. The maximum absolute atomic E-state index is 11.8. The van der Waals surface area contributed by atoms with Gasteiger partial charge in [0, 0.05) is 69.8 Å². The minimum absolute atomic E-state index is 0.0986. The molecule has 3 fully saturated rings. The predicted molar refractivity (Wildman–Crippen MR) is 143 cm³/mol. The van der Waals surface area contributed by atoms with E-state index in [1.807, 2.05) is 6.92 Å². The van der Waals surface area contributed by atoms with Crippen LogP contribution in [0.2, 0.25) is 0 Å². The van der Waals surface area contributed by atoms with E-state index in [9.17, 15) is 4.79 Å². The summed E-state index contributed by atoms with van der Waals surface area (Å²) in [5.41, 5.74) is 4.39. The number of aromatic nitrogens is 2. The Morgan fingerprint density at radius 2 is 1.86 bits per heavy atom. The molecule has 2 N–H and O–H groups in total. The van der Waals surface area contributed by atoms with Crippen molar-refractivity contribution in [2.75, 3.05) is 69.6 Å². The number of piperidine rings is 1. The third kappa shape index (κ3) is 5.48. The summed E-state index contributed by atoms with van der Waals surface area (Å²) < 4.78 is 6.03. The maximum Gasteiger partial charge on any atom is 0.238 e. The van der Waals surface area contributed by atoms with Crippen LogP contribution in [0.25, 0.3) is 0 Å². The number of nitrogens with zero attached hydrogens (tertiary/aromatic N) is 5. The van der Waals surface area contributed by atoms with Crippen LogP contribution in [0.1, 0.15) is 41.5 Å². The first kappa shape index (κ1) is 24.9. The Labute approximate surface area is 214 Å². The molecule has 0 bridgehead atoms. The third-order valence-electron chi connectivity index (χ3n) is 7.75. The average Bonchev–Trinajstić information content (AvgIpc) is 2.87. The van der Waals surface area contributed by atoms with Gasteiger partial charge in [-0.25, -0.2) is 4.98 Å². The van der Waals surface area contributed by atoms with Crippen molar-refractivity contribution >= 4 is 23.5 Å². The minimum Gasteiger partial charge on any atom is -0.470 e. The molecule has 3 saturated heterocycles. The third-order valence-corrected chi connectivity index (χ3v) is 7.75. The molecule has 9 heteroatoms. The van der Waals surface area contributed by atoms with Crippen molar-refractivity contribution in [3.63, 3.8) is 0 Å². The average molecular weight is 494 g/mol. The second-order valence-corrected chi connectivity index (χ2v) is 10.3. The molecule has 0 unspecified atom stereocenters. The number of nitrogens with one attached hydrogen (secondary N) is 2. The van der Waals surface area contributed by atoms with E-state index in [0.717, 1.165) is 38.2 Å². The Morgan fingerprint density at radius 3 is 2.47 bits per heavy atom. The molecule has 3 aliphatic heterocycles. The zero-order valence-corrected chi connectivity index (χ0v) is 21.8. The molecule has 0 spiro atoms. The summed E-state index contributed by atoms with van der Waals surface area (Å²) >= 11 is 0.